The van der Waals surface area contributed by atoms with Gasteiger partial charge in [-0.3, -0.25) is 14.2 Å². The third-order valence-corrected chi connectivity index (χ3v) is 6.98. The lowest BCUT2D eigenvalue weighted by molar-refractivity contribution is 0.0751. The lowest BCUT2D eigenvalue weighted by Crippen LogP contribution is -2.32. The van der Waals surface area contributed by atoms with Crippen LogP contribution in [0.3, 0.4) is 0 Å². The van der Waals surface area contributed by atoms with E-state index in [4.69, 9.17) is 0 Å². The molecule has 206 valence electrons. The lowest BCUT2D eigenvalue weighted by atomic mass is 9.99. The van der Waals surface area contributed by atoms with Gasteiger partial charge >= 0.3 is 0 Å². The first-order valence-electron chi connectivity index (χ1n) is 14.0. The van der Waals surface area contributed by atoms with Gasteiger partial charge in [-0.1, -0.05) is 59.8 Å². The Morgan fingerprint density at radius 1 is 1.03 bits per heavy atom. The summed E-state index contributed by atoms with van der Waals surface area (Å²) in [6.45, 7) is 11.8. The molecule has 1 aromatic heterocycles. The number of carbonyl (C=O) groups is 1. The van der Waals surface area contributed by atoms with E-state index in [0.717, 1.165) is 64.5 Å². The summed E-state index contributed by atoms with van der Waals surface area (Å²) in [7, 11) is 0. The van der Waals surface area contributed by atoms with Gasteiger partial charge in [-0.2, -0.15) is 10.4 Å². The number of hydrogen-bond acceptors (Lipinski definition) is 6. The molecule has 0 bridgehead atoms. The number of hydrogen-bond donors (Lipinski definition) is 1. The molecule has 1 unspecified atom stereocenters. The topological polar surface area (TPSA) is 111 Å². The molecule has 1 amide bonds. The van der Waals surface area contributed by atoms with Crippen molar-refractivity contribution in [3.05, 3.63) is 51.3 Å². The van der Waals surface area contributed by atoms with Crippen molar-refractivity contribution in [3.63, 3.8) is 0 Å². The first-order valence-corrected chi connectivity index (χ1v) is 14.0. The van der Waals surface area contributed by atoms with Crippen LogP contribution in [-0.4, -0.2) is 33.6 Å². The fraction of sp³-hybridized carbons (Fsp3) is 0.567. The van der Waals surface area contributed by atoms with Crippen molar-refractivity contribution in [2.45, 2.75) is 92.5 Å². The number of benzene rings is 1. The van der Waals surface area contributed by atoms with Gasteiger partial charge in [0.2, 0.25) is 5.88 Å². The zero-order valence-corrected chi connectivity index (χ0v) is 23.7. The van der Waals surface area contributed by atoms with Crippen LogP contribution in [0, 0.1) is 24.2 Å². The quantitative estimate of drug-likeness (QED) is 0.246. The van der Waals surface area contributed by atoms with Crippen LogP contribution >= 0.6 is 0 Å². The smallest absolute Gasteiger partial charge is 0.271 e. The van der Waals surface area contributed by atoms with Gasteiger partial charge < -0.3 is 10.0 Å². The average molecular weight is 522 g/mol. The summed E-state index contributed by atoms with van der Waals surface area (Å²) in [4.78, 5) is 27.9. The summed E-state index contributed by atoms with van der Waals surface area (Å²) in [6.07, 6.45) is 7.87. The van der Waals surface area contributed by atoms with Crippen molar-refractivity contribution in [2.75, 3.05) is 13.1 Å². The van der Waals surface area contributed by atoms with E-state index in [0.29, 0.717) is 23.4 Å². The second-order valence-corrected chi connectivity index (χ2v) is 9.86. The molecule has 1 heterocycles. The number of rotatable bonds is 15. The maximum absolute atomic E-state index is 13.0. The van der Waals surface area contributed by atoms with Gasteiger partial charge in [0.05, 0.1) is 5.69 Å². The zero-order chi connectivity index (χ0) is 28.1. The second kappa shape index (κ2) is 15.7. The molecule has 0 aliphatic heterocycles. The van der Waals surface area contributed by atoms with Crippen molar-refractivity contribution in [2.24, 2.45) is 16.1 Å². The molecule has 0 saturated carbocycles. The second-order valence-electron chi connectivity index (χ2n) is 9.86. The number of azo groups is 1. The predicted molar refractivity (Wildman–Crippen MR) is 151 cm³/mol. The predicted octanol–water partition coefficient (Wildman–Crippen LogP) is 7.41. The average Bonchev–Trinajstić information content (AvgIpc) is 2.93. The summed E-state index contributed by atoms with van der Waals surface area (Å²) >= 11 is 0. The molecule has 2 aromatic rings. The molecule has 2 rings (SSSR count). The highest BCUT2D eigenvalue weighted by Crippen LogP contribution is 2.33. The highest BCUT2D eigenvalue weighted by molar-refractivity contribution is 5.94. The molecule has 38 heavy (non-hydrogen) atoms. The monoisotopic (exact) mass is 521 g/mol. The van der Waals surface area contributed by atoms with E-state index in [1.165, 1.54) is 4.57 Å². The van der Waals surface area contributed by atoms with E-state index >= 15 is 0 Å². The Kier molecular flexibility index (Phi) is 12.7. The highest BCUT2D eigenvalue weighted by Gasteiger charge is 2.21. The molecule has 1 N–H and O–H groups in total. The van der Waals surface area contributed by atoms with Crippen molar-refractivity contribution in [3.8, 4) is 11.9 Å². The van der Waals surface area contributed by atoms with Gasteiger partial charge in [0.25, 0.3) is 11.5 Å². The fourth-order valence-electron chi connectivity index (χ4n) is 4.38. The molecule has 0 radical (unpaired) electrons. The number of amides is 1. The Bertz CT molecular complexity index is 1170. The Hall–Kier alpha value is -3.47. The van der Waals surface area contributed by atoms with Crippen LogP contribution in [0.5, 0.6) is 5.88 Å². The molecular weight excluding hydrogens is 478 g/mol. The summed E-state index contributed by atoms with van der Waals surface area (Å²) < 4.78 is 1.26. The fourth-order valence-corrected chi connectivity index (χ4v) is 4.38. The van der Waals surface area contributed by atoms with Gasteiger partial charge in [-0.05, 0) is 56.4 Å². The minimum atomic E-state index is -0.505. The molecule has 0 spiro atoms. The van der Waals surface area contributed by atoms with E-state index in [-0.39, 0.29) is 29.0 Å². The maximum Gasteiger partial charge on any atom is 0.271 e. The number of pyridine rings is 1. The largest absolute Gasteiger partial charge is 0.493 e. The summed E-state index contributed by atoms with van der Waals surface area (Å²) in [5.41, 5.74) is 0.952. The Morgan fingerprint density at radius 2 is 1.63 bits per heavy atom. The normalized spacial score (nSPS) is 12.0. The number of aromatic hydroxyl groups is 1. The molecule has 1 atom stereocenters. The van der Waals surface area contributed by atoms with Crippen LogP contribution in [0.4, 0.5) is 11.4 Å². The van der Waals surface area contributed by atoms with Gasteiger partial charge in [0, 0.05) is 30.8 Å². The zero-order valence-electron chi connectivity index (χ0n) is 23.7. The number of carbonyl (C=O) groups excluding carboxylic acids is 1. The van der Waals surface area contributed by atoms with Crippen molar-refractivity contribution in [1.29, 1.82) is 5.26 Å². The summed E-state index contributed by atoms with van der Waals surface area (Å²) in [5.74, 6) is -0.0699. The maximum atomic E-state index is 13.0. The number of unbranched alkanes of at least 4 members (excludes halogenated alkanes) is 3. The van der Waals surface area contributed by atoms with Gasteiger partial charge in [0.1, 0.15) is 11.6 Å². The summed E-state index contributed by atoms with van der Waals surface area (Å²) in [6, 6.07) is 8.86. The first-order chi connectivity index (χ1) is 18.3. The van der Waals surface area contributed by atoms with Crippen LogP contribution < -0.4 is 5.56 Å². The summed E-state index contributed by atoms with van der Waals surface area (Å²) in [5, 5.41) is 29.1. The van der Waals surface area contributed by atoms with E-state index in [1.54, 1.807) is 31.2 Å². The van der Waals surface area contributed by atoms with Crippen LogP contribution in [0.1, 0.15) is 101 Å². The molecule has 0 aliphatic carbocycles. The standard InChI is InChI=1S/C30H43N5O3/c1-6-10-13-23(9-4)21-35-29(37)26(20-31)22(5)27(30(35)38)33-32-25-16-14-24(15-17-25)28(36)34(18-11-7-2)19-12-8-3/h14-17,23,38H,6-13,18-19,21H2,1-5H3/b33-32+. The molecule has 8 nitrogen and oxygen atoms in total. The molecule has 0 fully saturated rings. The first kappa shape index (κ1) is 30.8. The molecule has 8 heteroatoms. The molecule has 1 aromatic carbocycles. The van der Waals surface area contributed by atoms with Crippen LogP contribution in [-0.2, 0) is 6.54 Å². The minimum Gasteiger partial charge on any atom is -0.493 e. The van der Waals surface area contributed by atoms with Crippen LogP contribution in [0.25, 0.3) is 0 Å². The molecule has 0 aliphatic rings. The van der Waals surface area contributed by atoms with Crippen molar-refractivity contribution >= 4 is 17.3 Å². The highest BCUT2D eigenvalue weighted by atomic mass is 16.3. The van der Waals surface area contributed by atoms with Crippen LogP contribution in [0.15, 0.2) is 39.3 Å². The van der Waals surface area contributed by atoms with E-state index in [9.17, 15) is 20.0 Å². The third-order valence-electron chi connectivity index (χ3n) is 6.98. The van der Waals surface area contributed by atoms with Crippen LogP contribution in [0.2, 0.25) is 0 Å². The van der Waals surface area contributed by atoms with Gasteiger partial charge in [-0.15, -0.1) is 5.11 Å². The van der Waals surface area contributed by atoms with Crippen molar-refractivity contribution < 1.29 is 9.90 Å². The number of nitrogens with zero attached hydrogens (tertiary/aromatic N) is 5. The van der Waals surface area contributed by atoms with Gasteiger partial charge in [-0.25, -0.2) is 0 Å². The minimum absolute atomic E-state index is 0.00293. The number of nitriles is 1. The van der Waals surface area contributed by atoms with Gasteiger partial charge in [0.15, 0.2) is 5.69 Å². The molecular formula is C30H43N5O3. The Balaban J connectivity index is 2.34. The molecule has 0 saturated heterocycles. The van der Waals surface area contributed by atoms with E-state index < -0.39 is 5.56 Å². The Morgan fingerprint density at radius 3 is 2.16 bits per heavy atom. The van der Waals surface area contributed by atoms with Crippen molar-refractivity contribution in [1.82, 2.24) is 9.47 Å². The number of aromatic nitrogens is 1. The Labute approximate surface area is 227 Å². The third kappa shape index (κ3) is 8.01. The van der Waals surface area contributed by atoms with E-state index in [1.807, 2.05) is 11.0 Å². The SMILES string of the molecule is CCCCC(CC)Cn1c(O)c(/N=N/c2ccc(C(=O)N(CCCC)CCCC)cc2)c(C)c(C#N)c1=O. The lowest BCUT2D eigenvalue weighted by Gasteiger charge is -2.22. The van der Waals surface area contributed by atoms with E-state index in [2.05, 4.69) is 37.9 Å².